The fraction of sp³-hybridized carbons (Fsp3) is 0.278. The van der Waals surface area contributed by atoms with Gasteiger partial charge in [-0.15, -0.1) is 0 Å². The Bertz CT molecular complexity index is 686. The molecule has 0 aliphatic carbocycles. The van der Waals surface area contributed by atoms with Gasteiger partial charge in [-0.3, -0.25) is 4.79 Å². The van der Waals surface area contributed by atoms with Crippen LogP contribution in [-0.2, 0) is 17.0 Å². The van der Waals surface area contributed by atoms with Crippen LogP contribution in [0.15, 0.2) is 54.6 Å². The molecular formula is C18H19NO3. The number of amides is 1. The Balaban J connectivity index is 2.12. The molecule has 1 amide bonds. The SMILES string of the molecule is CN1CC(c2ccccc2)C(O)(c2cccc(CO)c2)C1=O. The van der Waals surface area contributed by atoms with Gasteiger partial charge in [0.1, 0.15) is 0 Å². The molecule has 2 unspecified atom stereocenters. The Morgan fingerprint density at radius 1 is 1.18 bits per heavy atom. The predicted octanol–water partition coefficient (Wildman–Crippen LogP) is 1.62. The minimum absolute atomic E-state index is 0.121. The number of likely N-dealkylation sites (N-methyl/N-ethyl adjacent to an activating group) is 1. The number of benzene rings is 2. The van der Waals surface area contributed by atoms with Gasteiger partial charge >= 0.3 is 0 Å². The predicted molar refractivity (Wildman–Crippen MR) is 83.1 cm³/mol. The Morgan fingerprint density at radius 2 is 1.91 bits per heavy atom. The molecule has 3 rings (SSSR count). The van der Waals surface area contributed by atoms with Crippen LogP contribution in [-0.4, -0.2) is 34.6 Å². The summed E-state index contributed by atoms with van der Waals surface area (Å²) >= 11 is 0. The maximum absolute atomic E-state index is 12.6. The van der Waals surface area contributed by atoms with Crippen LogP contribution >= 0.6 is 0 Å². The smallest absolute Gasteiger partial charge is 0.259 e. The highest BCUT2D eigenvalue weighted by Gasteiger charge is 2.53. The maximum atomic E-state index is 12.6. The Morgan fingerprint density at radius 3 is 2.59 bits per heavy atom. The molecule has 1 fully saturated rings. The minimum Gasteiger partial charge on any atom is -0.392 e. The summed E-state index contributed by atoms with van der Waals surface area (Å²) in [6.45, 7) is 0.340. The van der Waals surface area contributed by atoms with Crippen LogP contribution in [0.4, 0.5) is 0 Å². The fourth-order valence-corrected chi connectivity index (χ4v) is 3.19. The first-order valence-electron chi connectivity index (χ1n) is 7.30. The van der Waals surface area contributed by atoms with Crippen molar-refractivity contribution >= 4 is 5.91 Å². The van der Waals surface area contributed by atoms with Gasteiger partial charge in [0.2, 0.25) is 0 Å². The number of aliphatic hydroxyl groups excluding tert-OH is 1. The largest absolute Gasteiger partial charge is 0.392 e. The molecular weight excluding hydrogens is 278 g/mol. The molecule has 1 saturated heterocycles. The molecule has 4 nitrogen and oxygen atoms in total. The number of carbonyl (C=O) groups is 1. The van der Waals surface area contributed by atoms with E-state index in [-0.39, 0.29) is 18.4 Å². The van der Waals surface area contributed by atoms with Gasteiger partial charge in [-0.25, -0.2) is 0 Å². The molecule has 2 aromatic rings. The minimum atomic E-state index is -1.60. The van der Waals surface area contributed by atoms with Crippen molar-refractivity contribution in [1.82, 2.24) is 4.90 Å². The molecule has 0 radical (unpaired) electrons. The van der Waals surface area contributed by atoms with Crippen LogP contribution in [0.2, 0.25) is 0 Å². The van der Waals surface area contributed by atoms with Crippen LogP contribution in [0.1, 0.15) is 22.6 Å². The molecule has 0 spiro atoms. The second-order valence-electron chi connectivity index (χ2n) is 5.77. The third kappa shape index (κ3) is 2.21. The summed E-state index contributed by atoms with van der Waals surface area (Å²) in [5.74, 6) is -0.642. The summed E-state index contributed by atoms with van der Waals surface area (Å²) in [5.41, 5.74) is 0.542. The van der Waals surface area contributed by atoms with E-state index in [1.807, 2.05) is 30.3 Å². The van der Waals surface area contributed by atoms with E-state index in [9.17, 15) is 15.0 Å². The average Bonchev–Trinajstić information content (AvgIpc) is 2.81. The van der Waals surface area contributed by atoms with Gasteiger partial charge in [-0.2, -0.15) is 0 Å². The van der Waals surface area contributed by atoms with E-state index in [0.29, 0.717) is 17.7 Å². The topological polar surface area (TPSA) is 60.8 Å². The number of aliphatic hydroxyl groups is 2. The number of likely N-dealkylation sites (tertiary alicyclic amines) is 1. The summed E-state index contributed by atoms with van der Waals surface area (Å²) in [4.78, 5) is 14.2. The van der Waals surface area contributed by atoms with Gasteiger partial charge in [-0.1, -0.05) is 54.6 Å². The first-order chi connectivity index (χ1) is 10.6. The number of nitrogens with zero attached hydrogens (tertiary/aromatic N) is 1. The van der Waals surface area contributed by atoms with Gasteiger partial charge in [0, 0.05) is 19.5 Å². The summed E-state index contributed by atoms with van der Waals surface area (Å²) in [7, 11) is 1.70. The van der Waals surface area contributed by atoms with E-state index in [0.717, 1.165) is 5.56 Å². The molecule has 22 heavy (non-hydrogen) atoms. The monoisotopic (exact) mass is 297 g/mol. The van der Waals surface area contributed by atoms with Gasteiger partial charge in [0.25, 0.3) is 5.91 Å². The van der Waals surface area contributed by atoms with E-state index in [1.54, 1.807) is 36.2 Å². The molecule has 1 aliphatic rings. The molecule has 0 bridgehead atoms. The van der Waals surface area contributed by atoms with Gasteiger partial charge in [-0.05, 0) is 16.7 Å². The lowest BCUT2D eigenvalue weighted by molar-refractivity contribution is -0.143. The van der Waals surface area contributed by atoms with E-state index in [2.05, 4.69) is 0 Å². The second-order valence-corrected chi connectivity index (χ2v) is 5.77. The lowest BCUT2D eigenvalue weighted by Crippen LogP contribution is -2.39. The quantitative estimate of drug-likeness (QED) is 0.905. The molecule has 0 aromatic heterocycles. The third-order valence-corrected chi connectivity index (χ3v) is 4.39. The fourth-order valence-electron chi connectivity index (χ4n) is 3.19. The number of hydrogen-bond donors (Lipinski definition) is 2. The Kier molecular flexibility index (Phi) is 3.72. The lowest BCUT2D eigenvalue weighted by Gasteiger charge is -2.28. The van der Waals surface area contributed by atoms with Crippen molar-refractivity contribution in [2.24, 2.45) is 0 Å². The summed E-state index contributed by atoms with van der Waals surface area (Å²) < 4.78 is 0. The number of rotatable bonds is 3. The van der Waals surface area contributed by atoms with Crippen LogP contribution in [0.5, 0.6) is 0 Å². The molecule has 2 atom stereocenters. The number of carbonyl (C=O) groups excluding carboxylic acids is 1. The highest BCUT2D eigenvalue weighted by molar-refractivity contribution is 5.90. The molecule has 1 heterocycles. The highest BCUT2D eigenvalue weighted by atomic mass is 16.3. The summed E-state index contributed by atoms with van der Waals surface area (Å²) in [6, 6.07) is 16.6. The average molecular weight is 297 g/mol. The maximum Gasteiger partial charge on any atom is 0.259 e. The molecule has 2 aromatic carbocycles. The van der Waals surface area contributed by atoms with Gasteiger partial charge in [0.05, 0.1) is 6.61 Å². The molecule has 0 saturated carbocycles. The Hall–Kier alpha value is -2.17. The molecule has 1 aliphatic heterocycles. The van der Waals surface area contributed by atoms with Crippen molar-refractivity contribution < 1.29 is 15.0 Å². The third-order valence-electron chi connectivity index (χ3n) is 4.39. The van der Waals surface area contributed by atoms with Crippen molar-refractivity contribution in [2.75, 3.05) is 13.6 Å². The zero-order chi connectivity index (χ0) is 15.7. The van der Waals surface area contributed by atoms with Gasteiger partial charge < -0.3 is 15.1 Å². The summed E-state index contributed by atoms with van der Waals surface area (Å²) in [6.07, 6.45) is 0. The standard InChI is InChI=1S/C18H19NO3/c1-19-11-16(14-7-3-2-4-8-14)18(22,17(19)21)15-9-5-6-13(10-15)12-20/h2-10,16,20,22H,11-12H2,1H3. The van der Waals surface area contributed by atoms with Gasteiger partial charge in [0.15, 0.2) is 5.60 Å². The van der Waals surface area contributed by atoms with E-state index in [1.165, 1.54) is 0 Å². The molecule has 2 N–H and O–H groups in total. The Labute approximate surface area is 129 Å². The molecule has 4 heteroatoms. The van der Waals surface area contributed by atoms with Crippen LogP contribution < -0.4 is 0 Å². The van der Waals surface area contributed by atoms with Crippen molar-refractivity contribution in [3.63, 3.8) is 0 Å². The van der Waals surface area contributed by atoms with Crippen LogP contribution in [0.25, 0.3) is 0 Å². The zero-order valence-electron chi connectivity index (χ0n) is 12.4. The number of hydrogen-bond acceptors (Lipinski definition) is 3. The normalized spacial score (nSPS) is 24.8. The lowest BCUT2D eigenvalue weighted by atomic mass is 9.79. The van der Waals surface area contributed by atoms with Crippen LogP contribution in [0, 0.1) is 0 Å². The van der Waals surface area contributed by atoms with Crippen LogP contribution in [0.3, 0.4) is 0 Å². The summed E-state index contributed by atoms with van der Waals surface area (Å²) in [5, 5.41) is 20.6. The zero-order valence-corrected chi connectivity index (χ0v) is 12.4. The van der Waals surface area contributed by atoms with E-state index >= 15 is 0 Å². The van der Waals surface area contributed by atoms with Crippen molar-refractivity contribution in [1.29, 1.82) is 0 Å². The highest BCUT2D eigenvalue weighted by Crippen LogP contribution is 2.43. The van der Waals surface area contributed by atoms with Crippen molar-refractivity contribution in [2.45, 2.75) is 18.1 Å². The van der Waals surface area contributed by atoms with E-state index in [4.69, 9.17) is 0 Å². The van der Waals surface area contributed by atoms with E-state index < -0.39 is 5.60 Å². The first-order valence-corrected chi connectivity index (χ1v) is 7.30. The second kappa shape index (κ2) is 5.55. The van der Waals surface area contributed by atoms with Crippen molar-refractivity contribution in [3.8, 4) is 0 Å². The van der Waals surface area contributed by atoms with Crippen molar-refractivity contribution in [3.05, 3.63) is 71.3 Å². The first kappa shape index (κ1) is 14.8. The molecule has 114 valence electrons.